The van der Waals surface area contributed by atoms with Crippen LogP contribution in [0.25, 0.3) is 23.0 Å². The van der Waals surface area contributed by atoms with Gasteiger partial charge in [0.2, 0.25) is 5.91 Å². The molecule has 0 bridgehead atoms. The molecule has 0 unspecified atom stereocenters. The number of rotatable bonds is 8. The van der Waals surface area contributed by atoms with E-state index in [9.17, 15) is 9.18 Å². The normalized spacial score (nSPS) is 11.3. The van der Waals surface area contributed by atoms with Crippen LogP contribution in [0, 0.1) is 5.82 Å². The van der Waals surface area contributed by atoms with Gasteiger partial charge in [0.15, 0.2) is 0 Å². The topological polar surface area (TPSA) is 50.2 Å². The molecule has 0 saturated carbocycles. The fraction of sp³-hybridized carbons (Fsp3) is 0.217. The van der Waals surface area contributed by atoms with Crippen molar-refractivity contribution in [2.75, 3.05) is 27.2 Å². The average molecular weight is 392 g/mol. The maximum Gasteiger partial charge on any atom is 0.244 e. The summed E-state index contributed by atoms with van der Waals surface area (Å²) in [5, 5.41) is 7.54. The summed E-state index contributed by atoms with van der Waals surface area (Å²) in [6.07, 6.45) is 6.00. The van der Waals surface area contributed by atoms with Gasteiger partial charge in [0, 0.05) is 29.9 Å². The summed E-state index contributed by atoms with van der Waals surface area (Å²) >= 11 is 0. The van der Waals surface area contributed by atoms with Gasteiger partial charge in [-0.25, -0.2) is 9.07 Å². The minimum Gasteiger partial charge on any atom is -0.353 e. The van der Waals surface area contributed by atoms with Crippen molar-refractivity contribution in [1.82, 2.24) is 20.0 Å². The summed E-state index contributed by atoms with van der Waals surface area (Å²) in [4.78, 5) is 14.2. The zero-order valence-corrected chi connectivity index (χ0v) is 16.7. The van der Waals surface area contributed by atoms with Gasteiger partial charge < -0.3 is 10.2 Å². The maximum atomic E-state index is 13.3. The third-order valence-corrected chi connectivity index (χ3v) is 4.38. The fourth-order valence-electron chi connectivity index (χ4n) is 2.89. The summed E-state index contributed by atoms with van der Waals surface area (Å²) in [6.45, 7) is 1.54. The Morgan fingerprint density at radius 1 is 1.14 bits per heavy atom. The van der Waals surface area contributed by atoms with Crippen LogP contribution in [0.1, 0.15) is 12.0 Å². The molecule has 0 fully saturated rings. The minimum atomic E-state index is -0.301. The number of aromatic nitrogens is 2. The summed E-state index contributed by atoms with van der Waals surface area (Å²) in [6, 6.07) is 15.9. The number of carbonyl (C=O) groups excluding carboxylic acids is 1. The third kappa shape index (κ3) is 5.86. The van der Waals surface area contributed by atoms with Crippen molar-refractivity contribution in [2.24, 2.45) is 0 Å². The van der Waals surface area contributed by atoms with Gasteiger partial charge in [0.1, 0.15) is 5.82 Å². The van der Waals surface area contributed by atoms with Crippen LogP contribution in [0.2, 0.25) is 0 Å². The quantitative estimate of drug-likeness (QED) is 0.469. The van der Waals surface area contributed by atoms with Gasteiger partial charge in [-0.3, -0.25) is 4.79 Å². The Labute approximate surface area is 170 Å². The van der Waals surface area contributed by atoms with Crippen LogP contribution in [0.3, 0.4) is 0 Å². The molecule has 0 saturated heterocycles. The van der Waals surface area contributed by atoms with Crippen molar-refractivity contribution in [3.63, 3.8) is 0 Å². The van der Waals surface area contributed by atoms with Crippen molar-refractivity contribution in [3.8, 4) is 16.9 Å². The Morgan fingerprint density at radius 3 is 2.55 bits per heavy atom. The molecule has 1 N–H and O–H groups in total. The van der Waals surface area contributed by atoms with Crippen LogP contribution in [0.5, 0.6) is 0 Å². The largest absolute Gasteiger partial charge is 0.353 e. The predicted octanol–water partition coefficient (Wildman–Crippen LogP) is 3.76. The van der Waals surface area contributed by atoms with Crippen molar-refractivity contribution in [1.29, 1.82) is 0 Å². The van der Waals surface area contributed by atoms with E-state index in [1.54, 1.807) is 22.9 Å². The lowest BCUT2D eigenvalue weighted by atomic mass is 10.1. The van der Waals surface area contributed by atoms with Crippen molar-refractivity contribution >= 4 is 12.0 Å². The smallest absolute Gasteiger partial charge is 0.244 e. The van der Waals surface area contributed by atoms with E-state index in [1.807, 2.05) is 50.6 Å². The molecular formula is C23H25FN4O. The van der Waals surface area contributed by atoms with Crippen LogP contribution < -0.4 is 5.32 Å². The summed E-state index contributed by atoms with van der Waals surface area (Å²) in [5.41, 5.74) is 3.16. The van der Waals surface area contributed by atoms with Crippen LogP contribution in [0.15, 0.2) is 66.9 Å². The van der Waals surface area contributed by atoms with E-state index in [2.05, 4.69) is 15.3 Å². The number of hydrogen-bond acceptors (Lipinski definition) is 3. The molecule has 6 heteroatoms. The van der Waals surface area contributed by atoms with Crippen LogP contribution in [0.4, 0.5) is 4.39 Å². The first-order chi connectivity index (χ1) is 14.0. The van der Waals surface area contributed by atoms with E-state index >= 15 is 0 Å². The molecule has 150 valence electrons. The van der Waals surface area contributed by atoms with Gasteiger partial charge in [0.05, 0.1) is 11.4 Å². The second-order valence-electron chi connectivity index (χ2n) is 7.00. The van der Waals surface area contributed by atoms with Gasteiger partial charge in [-0.05, 0) is 69.5 Å². The second kappa shape index (κ2) is 9.80. The highest BCUT2D eigenvalue weighted by atomic mass is 19.1. The summed E-state index contributed by atoms with van der Waals surface area (Å²) in [7, 11) is 4.01. The Kier molecular flexibility index (Phi) is 6.92. The van der Waals surface area contributed by atoms with Gasteiger partial charge in [-0.1, -0.05) is 18.2 Å². The molecule has 3 rings (SSSR count). The van der Waals surface area contributed by atoms with Gasteiger partial charge >= 0.3 is 0 Å². The molecule has 2 aromatic carbocycles. The highest BCUT2D eigenvalue weighted by Crippen LogP contribution is 2.25. The molecule has 1 amide bonds. The Bertz CT molecular complexity index is 962. The van der Waals surface area contributed by atoms with E-state index in [-0.39, 0.29) is 11.7 Å². The number of hydrogen-bond donors (Lipinski definition) is 1. The number of halogens is 1. The monoisotopic (exact) mass is 392 g/mol. The zero-order chi connectivity index (χ0) is 20.6. The van der Waals surface area contributed by atoms with E-state index in [0.717, 1.165) is 29.8 Å². The molecule has 0 spiro atoms. The number of benzene rings is 2. The van der Waals surface area contributed by atoms with Gasteiger partial charge in [-0.15, -0.1) is 0 Å². The lowest BCUT2D eigenvalue weighted by Gasteiger charge is -2.08. The number of nitrogens with one attached hydrogen (secondary N) is 1. The Hall–Kier alpha value is -3.25. The Morgan fingerprint density at radius 2 is 1.86 bits per heavy atom. The number of nitrogens with zero attached hydrogens (tertiary/aromatic N) is 3. The van der Waals surface area contributed by atoms with Gasteiger partial charge in [-0.2, -0.15) is 5.10 Å². The van der Waals surface area contributed by atoms with E-state index in [4.69, 9.17) is 0 Å². The maximum absolute atomic E-state index is 13.3. The highest BCUT2D eigenvalue weighted by molar-refractivity contribution is 5.92. The number of amides is 1. The predicted molar refractivity (Wildman–Crippen MR) is 114 cm³/mol. The molecule has 1 aromatic heterocycles. The van der Waals surface area contributed by atoms with Crippen molar-refractivity contribution < 1.29 is 9.18 Å². The lowest BCUT2D eigenvalue weighted by Crippen LogP contribution is -2.25. The third-order valence-electron chi connectivity index (χ3n) is 4.38. The van der Waals surface area contributed by atoms with Gasteiger partial charge in [0.25, 0.3) is 0 Å². The first-order valence-electron chi connectivity index (χ1n) is 9.54. The van der Waals surface area contributed by atoms with E-state index in [0.29, 0.717) is 12.2 Å². The summed E-state index contributed by atoms with van der Waals surface area (Å²) in [5.74, 6) is -0.452. The van der Waals surface area contributed by atoms with Crippen LogP contribution in [-0.4, -0.2) is 47.8 Å². The number of para-hydroxylation sites is 1. The second-order valence-corrected chi connectivity index (χ2v) is 7.00. The first-order valence-corrected chi connectivity index (χ1v) is 9.54. The van der Waals surface area contributed by atoms with Crippen LogP contribution in [-0.2, 0) is 4.79 Å². The molecule has 0 atom stereocenters. The molecule has 3 aromatic rings. The fourth-order valence-corrected chi connectivity index (χ4v) is 2.89. The number of carbonyl (C=O) groups is 1. The lowest BCUT2D eigenvalue weighted by molar-refractivity contribution is -0.116. The summed E-state index contributed by atoms with van der Waals surface area (Å²) < 4.78 is 15.1. The molecule has 29 heavy (non-hydrogen) atoms. The first kappa shape index (κ1) is 20.5. The molecule has 5 nitrogen and oxygen atoms in total. The average Bonchev–Trinajstić information content (AvgIpc) is 3.15. The van der Waals surface area contributed by atoms with Crippen LogP contribution >= 0.6 is 0 Å². The van der Waals surface area contributed by atoms with Crippen molar-refractivity contribution in [3.05, 3.63) is 78.3 Å². The molecular weight excluding hydrogens is 367 g/mol. The Balaban J connectivity index is 1.81. The SMILES string of the molecule is CN(C)CCCNC(=O)C=Cc1cn(-c2ccccc2)nc1-c1ccc(F)cc1. The zero-order valence-electron chi connectivity index (χ0n) is 16.7. The molecule has 0 aliphatic carbocycles. The van der Waals surface area contributed by atoms with Crippen molar-refractivity contribution in [2.45, 2.75) is 6.42 Å². The van der Waals surface area contributed by atoms with E-state index in [1.165, 1.54) is 18.2 Å². The molecule has 0 radical (unpaired) electrons. The van der Waals surface area contributed by atoms with E-state index < -0.39 is 0 Å². The standard InChI is InChI=1S/C23H25FN4O/c1-27(2)16-6-15-25-22(29)14-11-19-17-28(21-7-4-3-5-8-21)26-23(19)18-9-12-20(24)13-10-18/h3-5,7-14,17H,6,15-16H2,1-2H3,(H,25,29). The molecule has 1 heterocycles. The molecule has 0 aliphatic rings. The molecule has 0 aliphatic heterocycles. The minimum absolute atomic E-state index is 0.152. The highest BCUT2D eigenvalue weighted by Gasteiger charge is 2.11.